The molecular weight excluding hydrogens is 350 g/mol. The summed E-state index contributed by atoms with van der Waals surface area (Å²) < 4.78 is 10.5. The fourth-order valence-corrected chi connectivity index (χ4v) is 2.79. The topological polar surface area (TPSA) is 47.6 Å². The number of ether oxygens (including phenoxy) is 2. The highest BCUT2D eigenvalue weighted by Gasteiger charge is 2.19. The molecule has 0 radical (unpaired) electrons. The highest BCUT2D eigenvalue weighted by Crippen LogP contribution is 2.28. The Labute approximate surface area is 159 Å². The maximum absolute atomic E-state index is 12.3. The van der Waals surface area contributed by atoms with Crippen LogP contribution in [0.4, 0.5) is 0 Å². The standard InChI is InChI=1S/C21H24ClNO3/c1-21(2,14-16-5-9-17(22)10-6-16)23-20(24)12-8-15-7-11-18(25-3)19(13-15)26-4/h5-13H,14H2,1-4H3,(H,23,24)/b12-8+. The second-order valence-corrected chi connectivity index (χ2v) is 7.06. The summed E-state index contributed by atoms with van der Waals surface area (Å²) in [6, 6.07) is 13.1. The molecule has 1 N–H and O–H groups in total. The Morgan fingerprint density at radius 2 is 1.73 bits per heavy atom. The normalized spacial score (nSPS) is 11.4. The molecule has 2 rings (SSSR count). The van der Waals surface area contributed by atoms with Crippen molar-refractivity contribution in [1.82, 2.24) is 5.32 Å². The molecule has 0 bridgehead atoms. The zero-order valence-electron chi connectivity index (χ0n) is 15.5. The Kier molecular flexibility index (Phi) is 6.70. The van der Waals surface area contributed by atoms with E-state index in [0.29, 0.717) is 22.9 Å². The van der Waals surface area contributed by atoms with E-state index in [1.165, 1.54) is 6.08 Å². The van der Waals surface area contributed by atoms with E-state index in [1.54, 1.807) is 26.4 Å². The van der Waals surface area contributed by atoms with E-state index < -0.39 is 0 Å². The average molecular weight is 374 g/mol. The number of methoxy groups -OCH3 is 2. The molecule has 0 atom stereocenters. The van der Waals surface area contributed by atoms with Crippen molar-refractivity contribution in [2.45, 2.75) is 25.8 Å². The molecule has 0 fully saturated rings. The van der Waals surface area contributed by atoms with Gasteiger partial charge in [-0.15, -0.1) is 0 Å². The monoisotopic (exact) mass is 373 g/mol. The van der Waals surface area contributed by atoms with Gasteiger partial charge in [-0.2, -0.15) is 0 Å². The molecule has 0 aliphatic heterocycles. The molecule has 0 aromatic heterocycles. The predicted octanol–water partition coefficient (Wildman–Crippen LogP) is 4.51. The maximum Gasteiger partial charge on any atom is 0.244 e. The van der Waals surface area contributed by atoms with Crippen LogP contribution in [0.3, 0.4) is 0 Å². The average Bonchev–Trinajstić information content (AvgIpc) is 2.61. The minimum absolute atomic E-state index is 0.154. The van der Waals surface area contributed by atoms with E-state index in [-0.39, 0.29) is 11.4 Å². The molecule has 138 valence electrons. The van der Waals surface area contributed by atoms with E-state index in [2.05, 4.69) is 5.32 Å². The van der Waals surface area contributed by atoms with Gasteiger partial charge >= 0.3 is 0 Å². The van der Waals surface area contributed by atoms with Crippen molar-refractivity contribution in [2.24, 2.45) is 0 Å². The lowest BCUT2D eigenvalue weighted by molar-refractivity contribution is -0.117. The lowest BCUT2D eigenvalue weighted by Crippen LogP contribution is -2.44. The second kappa shape index (κ2) is 8.77. The molecule has 0 saturated carbocycles. The van der Waals surface area contributed by atoms with Gasteiger partial charge in [0.05, 0.1) is 14.2 Å². The summed E-state index contributed by atoms with van der Waals surface area (Å²) in [6.07, 6.45) is 3.97. The number of hydrogen-bond acceptors (Lipinski definition) is 3. The lowest BCUT2D eigenvalue weighted by atomic mass is 9.95. The fraction of sp³-hybridized carbons (Fsp3) is 0.286. The van der Waals surface area contributed by atoms with Crippen LogP contribution < -0.4 is 14.8 Å². The smallest absolute Gasteiger partial charge is 0.244 e. The number of carbonyl (C=O) groups is 1. The predicted molar refractivity (Wildman–Crippen MR) is 106 cm³/mol. The van der Waals surface area contributed by atoms with Gasteiger partial charge in [0.1, 0.15) is 0 Å². The number of amides is 1. The van der Waals surface area contributed by atoms with Crippen molar-refractivity contribution in [3.8, 4) is 11.5 Å². The third kappa shape index (κ3) is 5.81. The lowest BCUT2D eigenvalue weighted by Gasteiger charge is -2.25. The van der Waals surface area contributed by atoms with Gasteiger partial charge in [0, 0.05) is 16.6 Å². The van der Waals surface area contributed by atoms with Gasteiger partial charge in [-0.05, 0) is 61.7 Å². The molecule has 1 amide bonds. The Bertz CT molecular complexity index is 782. The summed E-state index contributed by atoms with van der Waals surface area (Å²) in [6.45, 7) is 3.98. The Hall–Kier alpha value is -2.46. The fourth-order valence-electron chi connectivity index (χ4n) is 2.66. The van der Waals surface area contributed by atoms with E-state index in [4.69, 9.17) is 21.1 Å². The minimum atomic E-state index is -0.382. The van der Waals surface area contributed by atoms with E-state index in [1.807, 2.05) is 50.2 Å². The molecular formula is C21H24ClNO3. The number of halogens is 1. The number of nitrogens with one attached hydrogen (secondary N) is 1. The number of rotatable bonds is 7. The molecule has 0 aliphatic carbocycles. The Morgan fingerprint density at radius 1 is 1.08 bits per heavy atom. The van der Waals surface area contributed by atoms with E-state index >= 15 is 0 Å². The highest BCUT2D eigenvalue weighted by molar-refractivity contribution is 6.30. The molecule has 26 heavy (non-hydrogen) atoms. The van der Waals surface area contributed by atoms with Crippen molar-refractivity contribution in [2.75, 3.05) is 14.2 Å². The van der Waals surface area contributed by atoms with Crippen molar-refractivity contribution in [3.63, 3.8) is 0 Å². The van der Waals surface area contributed by atoms with Crippen LogP contribution in [-0.4, -0.2) is 25.7 Å². The van der Waals surface area contributed by atoms with Gasteiger partial charge in [-0.3, -0.25) is 4.79 Å². The zero-order valence-corrected chi connectivity index (χ0v) is 16.3. The largest absolute Gasteiger partial charge is 0.493 e. The first-order valence-electron chi connectivity index (χ1n) is 8.30. The van der Waals surface area contributed by atoms with Crippen LogP contribution in [0.1, 0.15) is 25.0 Å². The first-order chi connectivity index (χ1) is 12.3. The molecule has 0 heterocycles. The SMILES string of the molecule is COc1ccc(/C=C/C(=O)NC(C)(C)Cc2ccc(Cl)cc2)cc1OC. The van der Waals surface area contributed by atoms with Crippen LogP contribution in [0.5, 0.6) is 11.5 Å². The molecule has 0 unspecified atom stereocenters. The van der Waals surface area contributed by atoms with Crippen molar-refractivity contribution >= 4 is 23.6 Å². The third-order valence-electron chi connectivity index (χ3n) is 3.86. The number of benzene rings is 2. The van der Waals surface area contributed by atoms with Crippen LogP contribution >= 0.6 is 11.6 Å². The van der Waals surface area contributed by atoms with Gasteiger partial charge in [0.15, 0.2) is 11.5 Å². The van der Waals surface area contributed by atoms with Crippen LogP contribution in [-0.2, 0) is 11.2 Å². The molecule has 0 aliphatic rings. The summed E-state index contributed by atoms with van der Waals surface area (Å²) in [5, 5.41) is 3.73. The molecule has 2 aromatic carbocycles. The van der Waals surface area contributed by atoms with Crippen molar-refractivity contribution in [3.05, 3.63) is 64.7 Å². The van der Waals surface area contributed by atoms with Crippen LogP contribution in [0, 0.1) is 0 Å². The second-order valence-electron chi connectivity index (χ2n) is 6.62. The molecule has 5 heteroatoms. The van der Waals surface area contributed by atoms with Crippen LogP contribution in [0.25, 0.3) is 6.08 Å². The van der Waals surface area contributed by atoms with Crippen LogP contribution in [0.15, 0.2) is 48.5 Å². The first kappa shape index (κ1) is 19.9. The summed E-state index contributed by atoms with van der Waals surface area (Å²) in [5.74, 6) is 1.12. The zero-order chi connectivity index (χ0) is 19.2. The minimum Gasteiger partial charge on any atom is -0.493 e. The van der Waals surface area contributed by atoms with Gasteiger partial charge < -0.3 is 14.8 Å². The van der Waals surface area contributed by atoms with Gasteiger partial charge in [-0.1, -0.05) is 29.8 Å². The molecule has 2 aromatic rings. The summed E-state index contributed by atoms with van der Waals surface area (Å²) in [5.41, 5.74) is 1.59. The Balaban J connectivity index is 2.00. The first-order valence-corrected chi connectivity index (χ1v) is 8.67. The van der Waals surface area contributed by atoms with Crippen LogP contribution in [0.2, 0.25) is 5.02 Å². The summed E-state index contributed by atoms with van der Waals surface area (Å²) in [7, 11) is 3.17. The van der Waals surface area contributed by atoms with E-state index in [9.17, 15) is 4.79 Å². The summed E-state index contributed by atoms with van der Waals surface area (Å²) >= 11 is 5.91. The highest BCUT2D eigenvalue weighted by atomic mass is 35.5. The number of hydrogen-bond donors (Lipinski definition) is 1. The van der Waals surface area contributed by atoms with Crippen molar-refractivity contribution < 1.29 is 14.3 Å². The van der Waals surface area contributed by atoms with Crippen molar-refractivity contribution in [1.29, 1.82) is 0 Å². The van der Waals surface area contributed by atoms with Gasteiger partial charge in [-0.25, -0.2) is 0 Å². The number of carbonyl (C=O) groups excluding carboxylic acids is 1. The molecule has 0 spiro atoms. The third-order valence-corrected chi connectivity index (χ3v) is 4.11. The quantitative estimate of drug-likeness (QED) is 0.726. The van der Waals surface area contributed by atoms with Gasteiger partial charge in [0.25, 0.3) is 0 Å². The molecule has 0 saturated heterocycles. The molecule has 4 nitrogen and oxygen atoms in total. The Morgan fingerprint density at radius 3 is 2.35 bits per heavy atom. The van der Waals surface area contributed by atoms with Gasteiger partial charge in [0.2, 0.25) is 5.91 Å². The van der Waals surface area contributed by atoms with E-state index in [0.717, 1.165) is 11.1 Å². The maximum atomic E-state index is 12.3. The summed E-state index contributed by atoms with van der Waals surface area (Å²) in [4.78, 5) is 12.3.